The Morgan fingerprint density at radius 2 is 1.77 bits per heavy atom. The van der Waals surface area contributed by atoms with Crippen molar-refractivity contribution in [2.45, 2.75) is 25.3 Å². The van der Waals surface area contributed by atoms with Gasteiger partial charge in [-0.1, -0.05) is 24.3 Å². The van der Waals surface area contributed by atoms with Gasteiger partial charge in [-0.2, -0.15) is 17.0 Å². The molecular weight excluding hydrogens is 298 g/mol. The van der Waals surface area contributed by atoms with Crippen molar-refractivity contribution in [1.82, 2.24) is 13.5 Å². The molecule has 3 rings (SSSR count). The molecule has 1 atom stereocenters. The van der Waals surface area contributed by atoms with Gasteiger partial charge in [0, 0.05) is 46.3 Å². The van der Waals surface area contributed by atoms with E-state index in [0.717, 1.165) is 13.1 Å². The maximum Gasteiger partial charge on any atom is 0.281 e. The molecule has 0 amide bonds. The third-order valence-corrected chi connectivity index (χ3v) is 6.78. The molecule has 22 heavy (non-hydrogen) atoms. The van der Waals surface area contributed by atoms with Gasteiger partial charge < -0.3 is 0 Å². The number of aryl methyl sites for hydroxylation is 1. The molecule has 5 nitrogen and oxygen atoms in total. The first-order chi connectivity index (χ1) is 10.5. The Hall–Kier alpha value is -0.950. The lowest BCUT2D eigenvalue weighted by Gasteiger charge is -2.41. The van der Waals surface area contributed by atoms with E-state index in [0.29, 0.717) is 19.1 Å². The highest BCUT2D eigenvalue weighted by Gasteiger charge is 2.32. The molecule has 1 aliphatic carbocycles. The summed E-state index contributed by atoms with van der Waals surface area (Å²) in [4.78, 5) is 2.46. The molecule has 6 heteroatoms. The molecule has 1 aromatic rings. The molecule has 1 aliphatic heterocycles. The molecule has 0 spiro atoms. The number of hydrogen-bond donors (Lipinski definition) is 0. The fraction of sp³-hybridized carbons (Fsp3) is 0.625. The smallest absolute Gasteiger partial charge is 0.281 e. The number of nitrogens with zero attached hydrogens (tertiary/aromatic N) is 3. The van der Waals surface area contributed by atoms with E-state index in [2.05, 4.69) is 29.2 Å². The molecule has 0 N–H and O–H groups in total. The van der Waals surface area contributed by atoms with Crippen LogP contribution in [0.3, 0.4) is 0 Å². The maximum atomic E-state index is 12.2. The van der Waals surface area contributed by atoms with Crippen LogP contribution in [-0.4, -0.2) is 62.2 Å². The summed E-state index contributed by atoms with van der Waals surface area (Å²) in [6.07, 6.45) is 3.57. The topological polar surface area (TPSA) is 43.9 Å². The van der Waals surface area contributed by atoms with Crippen molar-refractivity contribution in [3.63, 3.8) is 0 Å². The Bertz CT molecular complexity index is 622. The molecule has 2 aliphatic rings. The SMILES string of the molecule is CN(C)S(=O)(=O)N1CCN([C@@H]2CCCc3ccccc32)CC1. The van der Waals surface area contributed by atoms with E-state index >= 15 is 0 Å². The van der Waals surface area contributed by atoms with E-state index in [9.17, 15) is 8.42 Å². The molecule has 122 valence electrons. The maximum absolute atomic E-state index is 12.2. The van der Waals surface area contributed by atoms with Gasteiger partial charge in [-0.05, 0) is 30.4 Å². The molecular formula is C16H25N3O2S. The Balaban J connectivity index is 1.71. The lowest BCUT2D eigenvalue weighted by Crippen LogP contribution is -2.52. The zero-order valence-corrected chi connectivity index (χ0v) is 14.2. The van der Waals surface area contributed by atoms with Crippen LogP contribution in [0, 0.1) is 0 Å². The quantitative estimate of drug-likeness (QED) is 0.846. The van der Waals surface area contributed by atoms with E-state index in [1.54, 1.807) is 18.4 Å². The molecule has 1 heterocycles. The molecule has 0 bridgehead atoms. The van der Waals surface area contributed by atoms with Crippen LogP contribution in [0.2, 0.25) is 0 Å². The molecule has 1 aromatic carbocycles. The summed E-state index contributed by atoms with van der Waals surface area (Å²) in [5.41, 5.74) is 2.90. The van der Waals surface area contributed by atoms with Gasteiger partial charge in [0.1, 0.15) is 0 Å². The average Bonchev–Trinajstić information content (AvgIpc) is 2.54. The van der Waals surface area contributed by atoms with Crippen molar-refractivity contribution in [1.29, 1.82) is 0 Å². The number of rotatable bonds is 3. The number of piperazine rings is 1. The van der Waals surface area contributed by atoms with Crippen molar-refractivity contribution in [2.24, 2.45) is 0 Å². The molecule has 0 radical (unpaired) electrons. The third-order valence-electron chi connectivity index (χ3n) is 4.84. The van der Waals surface area contributed by atoms with Gasteiger partial charge in [0.05, 0.1) is 0 Å². The number of hydrogen-bond acceptors (Lipinski definition) is 3. The van der Waals surface area contributed by atoms with E-state index < -0.39 is 10.2 Å². The lowest BCUT2D eigenvalue weighted by molar-refractivity contribution is 0.123. The minimum absolute atomic E-state index is 0.453. The van der Waals surface area contributed by atoms with Crippen LogP contribution in [0.15, 0.2) is 24.3 Å². The first kappa shape index (κ1) is 15.9. The second-order valence-corrected chi connectivity index (χ2v) is 8.47. The number of fused-ring (bicyclic) bond motifs is 1. The first-order valence-electron chi connectivity index (χ1n) is 7.99. The van der Waals surface area contributed by atoms with Gasteiger partial charge in [-0.25, -0.2) is 0 Å². The van der Waals surface area contributed by atoms with Crippen LogP contribution in [0.4, 0.5) is 0 Å². The second kappa shape index (κ2) is 6.28. The molecule has 0 aromatic heterocycles. The van der Waals surface area contributed by atoms with Gasteiger partial charge in [0.15, 0.2) is 0 Å². The summed E-state index contributed by atoms with van der Waals surface area (Å²) >= 11 is 0. The average molecular weight is 323 g/mol. The van der Waals surface area contributed by atoms with Gasteiger partial charge in [0.25, 0.3) is 10.2 Å². The van der Waals surface area contributed by atoms with Crippen molar-refractivity contribution >= 4 is 10.2 Å². The standard InChI is InChI=1S/C16H25N3O2S/c1-17(2)22(20,21)19-12-10-18(11-13-19)16-9-5-7-14-6-3-4-8-15(14)16/h3-4,6,8,16H,5,7,9-13H2,1-2H3/t16-/m1/s1. The Labute approximate surface area is 133 Å². The zero-order chi connectivity index (χ0) is 15.7. The lowest BCUT2D eigenvalue weighted by atomic mass is 9.86. The summed E-state index contributed by atoms with van der Waals surface area (Å²) in [6.45, 7) is 2.79. The monoisotopic (exact) mass is 323 g/mol. The normalized spacial score (nSPS) is 24.4. The summed E-state index contributed by atoms with van der Waals surface area (Å²) in [6, 6.07) is 9.15. The highest BCUT2D eigenvalue weighted by atomic mass is 32.2. The van der Waals surface area contributed by atoms with Crippen molar-refractivity contribution in [3.05, 3.63) is 35.4 Å². The Morgan fingerprint density at radius 3 is 2.45 bits per heavy atom. The minimum atomic E-state index is -3.27. The summed E-state index contributed by atoms with van der Waals surface area (Å²) in [5, 5.41) is 0. The van der Waals surface area contributed by atoms with E-state index in [-0.39, 0.29) is 0 Å². The predicted octanol–water partition coefficient (Wildman–Crippen LogP) is 1.49. The van der Waals surface area contributed by atoms with Gasteiger partial charge in [0.2, 0.25) is 0 Å². The van der Waals surface area contributed by atoms with Gasteiger partial charge >= 0.3 is 0 Å². The van der Waals surface area contributed by atoms with E-state index in [1.165, 1.54) is 34.7 Å². The summed E-state index contributed by atoms with van der Waals surface area (Å²) < 4.78 is 27.3. The Morgan fingerprint density at radius 1 is 1.09 bits per heavy atom. The van der Waals surface area contributed by atoms with Crippen LogP contribution in [-0.2, 0) is 16.6 Å². The summed E-state index contributed by atoms with van der Waals surface area (Å²) in [5.74, 6) is 0. The summed E-state index contributed by atoms with van der Waals surface area (Å²) in [7, 11) is -0.0820. The van der Waals surface area contributed by atoms with Crippen LogP contribution in [0.25, 0.3) is 0 Å². The van der Waals surface area contributed by atoms with Crippen LogP contribution in [0.5, 0.6) is 0 Å². The zero-order valence-electron chi connectivity index (χ0n) is 13.4. The fourth-order valence-electron chi connectivity index (χ4n) is 3.58. The largest absolute Gasteiger partial charge is 0.294 e. The Kier molecular flexibility index (Phi) is 4.54. The van der Waals surface area contributed by atoms with E-state index in [1.807, 2.05) is 0 Å². The highest BCUT2D eigenvalue weighted by molar-refractivity contribution is 7.86. The predicted molar refractivity (Wildman–Crippen MR) is 87.9 cm³/mol. The van der Waals surface area contributed by atoms with Crippen LogP contribution < -0.4 is 0 Å². The fourth-order valence-corrected chi connectivity index (χ4v) is 4.67. The minimum Gasteiger partial charge on any atom is -0.294 e. The molecule has 0 saturated carbocycles. The highest BCUT2D eigenvalue weighted by Crippen LogP contribution is 2.34. The number of benzene rings is 1. The van der Waals surface area contributed by atoms with E-state index in [4.69, 9.17) is 0 Å². The third kappa shape index (κ3) is 2.93. The molecule has 1 saturated heterocycles. The van der Waals surface area contributed by atoms with Crippen LogP contribution in [0.1, 0.15) is 30.0 Å². The van der Waals surface area contributed by atoms with Crippen molar-refractivity contribution < 1.29 is 8.42 Å². The van der Waals surface area contributed by atoms with Crippen molar-refractivity contribution in [2.75, 3.05) is 40.3 Å². The van der Waals surface area contributed by atoms with Gasteiger partial charge in [-0.3, -0.25) is 4.90 Å². The van der Waals surface area contributed by atoms with Gasteiger partial charge in [-0.15, -0.1) is 0 Å². The first-order valence-corrected chi connectivity index (χ1v) is 9.39. The second-order valence-electron chi connectivity index (χ2n) is 6.33. The van der Waals surface area contributed by atoms with Crippen molar-refractivity contribution in [3.8, 4) is 0 Å². The van der Waals surface area contributed by atoms with Crippen LogP contribution >= 0.6 is 0 Å². The molecule has 0 unspecified atom stereocenters. The molecule has 1 fully saturated rings.